The summed E-state index contributed by atoms with van der Waals surface area (Å²) in [5.74, 6) is 0. The van der Waals surface area contributed by atoms with Crippen LogP contribution in [0.5, 0.6) is 0 Å². The zero-order valence-electron chi connectivity index (χ0n) is 17.5. The van der Waals surface area contributed by atoms with Gasteiger partial charge in [0.15, 0.2) is 0 Å². The number of allylic oxidation sites excluding steroid dienone is 1. The van der Waals surface area contributed by atoms with Gasteiger partial charge in [-0.3, -0.25) is 9.67 Å². The quantitative estimate of drug-likeness (QED) is 0.771. The van der Waals surface area contributed by atoms with E-state index in [1.54, 1.807) is 4.90 Å². The largest absolute Gasteiger partial charge is 0.449 e. The summed E-state index contributed by atoms with van der Waals surface area (Å²) < 4.78 is 12.6. The minimum Gasteiger partial charge on any atom is -0.449 e. The number of piperazine rings is 1. The molecule has 0 aromatic carbocycles. The van der Waals surface area contributed by atoms with E-state index in [9.17, 15) is 4.79 Å². The van der Waals surface area contributed by atoms with Crippen molar-refractivity contribution in [3.05, 3.63) is 41.5 Å². The maximum absolute atomic E-state index is 12.4. The first-order valence-corrected chi connectivity index (χ1v) is 10.4. The molecule has 0 N–H and O–H groups in total. The Morgan fingerprint density at radius 1 is 1.27 bits per heavy atom. The van der Waals surface area contributed by atoms with Gasteiger partial charge in [-0.1, -0.05) is 6.92 Å². The minimum atomic E-state index is -0.221. The number of rotatable bonds is 4. The summed E-state index contributed by atoms with van der Waals surface area (Å²) in [6, 6.07) is 2.08. The highest BCUT2D eigenvalue weighted by atomic mass is 16.6. The van der Waals surface area contributed by atoms with Gasteiger partial charge in [-0.15, -0.1) is 0 Å². The Labute approximate surface area is 176 Å². The number of ether oxygens (including phenoxy) is 2. The molecular formula is C22H27N5O3. The molecule has 2 aromatic heterocycles. The summed E-state index contributed by atoms with van der Waals surface area (Å²) in [7, 11) is 1.93. The third kappa shape index (κ3) is 3.56. The van der Waals surface area contributed by atoms with E-state index in [1.165, 1.54) is 16.8 Å². The highest BCUT2D eigenvalue weighted by molar-refractivity contribution is 5.91. The van der Waals surface area contributed by atoms with Crippen LogP contribution in [0, 0.1) is 5.41 Å². The molecule has 8 nitrogen and oxygen atoms in total. The number of aryl methyl sites for hydroxylation is 1. The average molecular weight is 409 g/mol. The van der Waals surface area contributed by atoms with Crippen LogP contribution in [0.15, 0.2) is 24.7 Å². The predicted octanol–water partition coefficient (Wildman–Crippen LogP) is 2.21. The molecule has 5 rings (SSSR count). The van der Waals surface area contributed by atoms with Crippen LogP contribution < -0.4 is 4.90 Å². The molecule has 0 radical (unpaired) electrons. The Bertz CT molecular complexity index is 986. The topological polar surface area (TPSA) is 72.7 Å². The number of anilines is 1. The van der Waals surface area contributed by atoms with Gasteiger partial charge < -0.3 is 19.3 Å². The van der Waals surface area contributed by atoms with Gasteiger partial charge in [0, 0.05) is 74.3 Å². The van der Waals surface area contributed by atoms with Crippen LogP contribution in [0.25, 0.3) is 11.6 Å². The molecule has 2 aromatic rings. The number of fused-ring (bicyclic) bond motifs is 1. The van der Waals surface area contributed by atoms with Crippen molar-refractivity contribution in [3.8, 4) is 0 Å². The first-order valence-electron chi connectivity index (χ1n) is 10.4. The fourth-order valence-electron chi connectivity index (χ4n) is 4.25. The van der Waals surface area contributed by atoms with Gasteiger partial charge in [-0.2, -0.15) is 5.10 Å². The maximum atomic E-state index is 12.4. The SMILES string of the molecule is Cn1cc(C2=Cc3c(N4CCN(C(=O)OCC5(C)COC5)CC4)ccnc3C2)cn1. The van der Waals surface area contributed by atoms with Crippen molar-refractivity contribution in [1.82, 2.24) is 19.7 Å². The van der Waals surface area contributed by atoms with E-state index in [0.717, 1.165) is 30.8 Å². The lowest BCUT2D eigenvalue weighted by Crippen LogP contribution is -2.50. The number of carbonyl (C=O) groups excluding carboxylic acids is 1. The molecule has 0 unspecified atom stereocenters. The van der Waals surface area contributed by atoms with Crippen LogP contribution in [0.2, 0.25) is 0 Å². The monoisotopic (exact) mass is 409 g/mol. The van der Waals surface area contributed by atoms with Crippen molar-refractivity contribution in [2.45, 2.75) is 13.3 Å². The molecule has 0 saturated carbocycles. The summed E-state index contributed by atoms with van der Waals surface area (Å²) in [5, 5.41) is 4.29. The fraction of sp³-hybridized carbons (Fsp3) is 0.500. The van der Waals surface area contributed by atoms with Gasteiger partial charge in [-0.05, 0) is 17.7 Å². The van der Waals surface area contributed by atoms with E-state index < -0.39 is 0 Å². The fourth-order valence-corrected chi connectivity index (χ4v) is 4.25. The first-order chi connectivity index (χ1) is 14.5. The molecule has 8 heteroatoms. The molecule has 4 heterocycles. The van der Waals surface area contributed by atoms with E-state index in [-0.39, 0.29) is 11.5 Å². The summed E-state index contributed by atoms with van der Waals surface area (Å²) >= 11 is 0. The standard InChI is InChI=1S/C22H27N5O3/c1-22(13-29-14-22)15-30-21(28)27-7-5-26(6-8-27)20-3-4-23-19-10-16(9-18(19)20)17-11-24-25(2)12-17/h3-4,9,11-12H,5-8,10,13-15H2,1-2H3. The number of pyridine rings is 1. The summed E-state index contributed by atoms with van der Waals surface area (Å²) in [5.41, 5.74) is 5.83. The van der Waals surface area contributed by atoms with Crippen LogP contribution in [0.4, 0.5) is 10.5 Å². The van der Waals surface area contributed by atoms with Crippen molar-refractivity contribution in [1.29, 1.82) is 0 Å². The average Bonchev–Trinajstić information content (AvgIpc) is 3.36. The smallest absolute Gasteiger partial charge is 0.409 e. The first kappa shape index (κ1) is 19.1. The number of carbonyl (C=O) groups is 1. The third-order valence-corrected chi connectivity index (χ3v) is 6.13. The number of aromatic nitrogens is 3. The van der Waals surface area contributed by atoms with Crippen molar-refractivity contribution >= 4 is 23.4 Å². The Kier molecular flexibility index (Phi) is 4.73. The van der Waals surface area contributed by atoms with Gasteiger partial charge in [0.1, 0.15) is 6.61 Å². The van der Waals surface area contributed by atoms with Gasteiger partial charge in [0.25, 0.3) is 0 Å². The van der Waals surface area contributed by atoms with Gasteiger partial charge in [0.2, 0.25) is 0 Å². The Balaban J connectivity index is 1.24. The van der Waals surface area contributed by atoms with Crippen LogP contribution in [0.1, 0.15) is 23.7 Å². The Morgan fingerprint density at radius 3 is 2.73 bits per heavy atom. The third-order valence-electron chi connectivity index (χ3n) is 6.13. The van der Waals surface area contributed by atoms with Gasteiger partial charge >= 0.3 is 6.09 Å². The Morgan fingerprint density at radius 2 is 2.07 bits per heavy atom. The van der Waals surface area contributed by atoms with Gasteiger partial charge in [-0.25, -0.2) is 4.79 Å². The Hall–Kier alpha value is -2.87. The zero-order valence-corrected chi connectivity index (χ0v) is 17.5. The van der Waals surface area contributed by atoms with Crippen LogP contribution in [0.3, 0.4) is 0 Å². The van der Waals surface area contributed by atoms with E-state index in [0.29, 0.717) is 32.9 Å². The maximum Gasteiger partial charge on any atom is 0.409 e. The number of amides is 1. The van der Waals surface area contributed by atoms with E-state index in [4.69, 9.17) is 9.47 Å². The van der Waals surface area contributed by atoms with E-state index in [1.807, 2.05) is 30.3 Å². The van der Waals surface area contributed by atoms with E-state index in [2.05, 4.69) is 34.0 Å². The molecule has 30 heavy (non-hydrogen) atoms. The van der Waals surface area contributed by atoms with Crippen LogP contribution in [-0.2, 0) is 22.9 Å². The molecule has 0 atom stereocenters. The molecule has 0 spiro atoms. The molecule has 1 aliphatic carbocycles. The second kappa shape index (κ2) is 7.43. The van der Waals surface area contributed by atoms with Gasteiger partial charge in [0.05, 0.1) is 25.1 Å². The lowest BCUT2D eigenvalue weighted by atomic mass is 9.90. The number of hydrogen-bond acceptors (Lipinski definition) is 6. The van der Waals surface area contributed by atoms with Crippen molar-refractivity contribution in [3.63, 3.8) is 0 Å². The minimum absolute atomic E-state index is 0.0204. The van der Waals surface area contributed by atoms with Crippen molar-refractivity contribution in [2.75, 3.05) is 50.9 Å². The molecule has 1 amide bonds. The second-order valence-corrected chi connectivity index (χ2v) is 8.77. The highest BCUT2D eigenvalue weighted by Gasteiger charge is 2.36. The van der Waals surface area contributed by atoms with Crippen LogP contribution in [-0.4, -0.2) is 71.8 Å². The summed E-state index contributed by atoms with van der Waals surface area (Å²) in [6.45, 7) is 6.70. The molecular weight excluding hydrogens is 382 g/mol. The second-order valence-electron chi connectivity index (χ2n) is 8.77. The molecule has 2 fully saturated rings. The normalized spacial score (nSPS) is 19.9. The van der Waals surface area contributed by atoms with Crippen molar-refractivity contribution in [2.24, 2.45) is 12.5 Å². The molecule has 0 bridgehead atoms. The molecule has 3 aliphatic rings. The molecule has 2 saturated heterocycles. The van der Waals surface area contributed by atoms with Crippen molar-refractivity contribution < 1.29 is 14.3 Å². The summed E-state index contributed by atoms with van der Waals surface area (Å²) in [6.07, 6.45) is 8.66. The molecule has 2 aliphatic heterocycles. The molecule has 158 valence electrons. The zero-order chi connectivity index (χ0) is 20.7. The lowest BCUT2D eigenvalue weighted by molar-refractivity contribution is -0.128. The number of nitrogens with zero attached hydrogens (tertiary/aromatic N) is 5. The highest BCUT2D eigenvalue weighted by Crippen LogP contribution is 2.36. The predicted molar refractivity (Wildman–Crippen MR) is 113 cm³/mol. The van der Waals surface area contributed by atoms with E-state index >= 15 is 0 Å². The lowest BCUT2D eigenvalue weighted by Gasteiger charge is -2.39. The summed E-state index contributed by atoms with van der Waals surface area (Å²) in [4.78, 5) is 21.2. The van der Waals surface area contributed by atoms with Crippen LogP contribution >= 0.6 is 0 Å². The number of hydrogen-bond donors (Lipinski definition) is 0.